The van der Waals surface area contributed by atoms with Crippen LogP contribution in [0.3, 0.4) is 0 Å². The Morgan fingerprint density at radius 3 is 2.47 bits per heavy atom. The number of sulfonamides is 1. The number of nitrogens with one attached hydrogen (secondary N) is 1. The first-order valence-electron chi connectivity index (χ1n) is 10.8. The van der Waals surface area contributed by atoms with E-state index in [1.165, 1.54) is 34.2 Å². The minimum atomic E-state index is -3.63. The number of rotatable bonds is 5. The van der Waals surface area contributed by atoms with Crippen molar-refractivity contribution in [2.24, 2.45) is 0 Å². The van der Waals surface area contributed by atoms with E-state index in [-0.39, 0.29) is 35.9 Å². The van der Waals surface area contributed by atoms with Crippen molar-refractivity contribution >= 4 is 27.5 Å². The molecular weight excluding hydrogens is 406 g/mol. The Morgan fingerprint density at radius 2 is 1.77 bits per heavy atom. The van der Waals surface area contributed by atoms with E-state index in [0.717, 1.165) is 38.5 Å². The van der Waals surface area contributed by atoms with Crippen LogP contribution in [0.25, 0.3) is 0 Å². The van der Waals surface area contributed by atoms with E-state index >= 15 is 0 Å². The summed E-state index contributed by atoms with van der Waals surface area (Å²) in [7, 11) is -3.63. The second kappa shape index (κ2) is 8.93. The first-order valence-corrected chi connectivity index (χ1v) is 12.3. The zero-order chi connectivity index (χ0) is 21.1. The molecule has 0 atom stereocenters. The maximum atomic E-state index is 12.9. The zero-order valence-electron chi connectivity index (χ0n) is 17.1. The molecule has 2 aliphatic heterocycles. The third-order valence-electron chi connectivity index (χ3n) is 6.10. The zero-order valence-corrected chi connectivity index (χ0v) is 18.0. The summed E-state index contributed by atoms with van der Waals surface area (Å²) >= 11 is 0. The van der Waals surface area contributed by atoms with Crippen molar-refractivity contribution in [1.82, 2.24) is 9.62 Å². The number of fused-ring (bicyclic) bond motifs is 1. The highest BCUT2D eigenvalue weighted by Crippen LogP contribution is 2.35. The quantitative estimate of drug-likeness (QED) is 0.714. The third kappa shape index (κ3) is 4.46. The average Bonchev–Trinajstić information content (AvgIpc) is 3.17. The topological polar surface area (TPSA) is 96.0 Å². The van der Waals surface area contributed by atoms with Crippen LogP contribution < -0.4 is 15.0 Å². The monoisotopic (exact) mass is 435 g/mol. The number of carbonyl (C=O) groups is 2. The molecule has 164 valence electrons. The van der Waals surface area contributed by atoms with Gasteiger partial charge in [-0.05, 0) is 43.9 Å². The number of nitrogens with zero attached hydrogens (tertiary/aromatic N) is 2. The molecule has 0 radical (unpaired) electrons. The van der Waals surface area contributed by atoms with Crippen LogP contribution in [0.15, 0.2) is 23.1 Å². The van der Waals surface area contributed by atoms with Crippen molar-refractivity contribution in [1.29, 1.82) is 0 Å². The van der Waals surface area contributed by atoms with Gasteiger partial charge in [-0.3, -0.25) is 14.5 Å². The van der Waals surface area contributed by atoms with Crippen LogP contribution in [-0.2, 0) is 19.6 Å². The van der Waals surface area contributed by atoms with E-state index < -0.39 is 10.0 Å². The summed E-state index contributed by atoms with van der Waals surface area (Å²) in [6, 6.07) is 4.67. The van der Waals surface area contributed by atoms with E-state index in [9.17, 15) is 18.0 Å². The van der Waals surface area contributed by atoms with Crippen LogP contribution in [0, 0.1) is 0 Å². The normalized spacial score (nSPS) is 21.1. The van der Waals surface area contributed by atoms with Gasteiger partial charge in [0.25, 0.3) is 5.91 Å². The van der Waals surface area contributed by atoms with Crippen LogP contribution in [0.1, 0.15) is 51.4 Å². The van der Waals surface area contributed by atoms with Gasteiger partial charge < -0.3 is 10.1 Å². The molecular formula is C21H29N3O5S. The number of ether oxygens (including phenoxy) is 1. The number of hydrogen-bond acceptors (Lipinski definition) is 5. The lowest BCUT2D eigenvalue weighted by molar-refractivity contribution is -0.125. The fourth-order valence-electron chi connectivity index (χ4n) is 4.43. The molecule has 3 aliphatic rings. The maximum absolute atomic E-state index is 12.9. The fourth-order valence-corrected chi connectivity index (χ4v) is 5.97. The largest absolute Gasteiger partial charge is 0.482 e. The number of amides is 2. The smallest absolute Gasteiger partial charge is 0.265 e. The van der Waals surface area contributed by atoms with Crippen molar-refractivity contribution in [2.45, 2.75) is 62.3 Å². The molecule has 0 spiro atoms. The van der Waals surface area contributed by atoms with Crippen LogP contribution in [0.4, 0.5) is 5.69 Å². The van der Waals surface area contributed by atoms with Gasteiger partial charge >= 0.3 is 0 Å². The van der Waals surface area contributed by atoms with Gasteiger partial charge in [-0.25, -0.2) is 8.42 Å². The lowest BCUT2D eigenvalue weighted by Gasteiger charge is -2.30. The van der Waals surface area contributed by atoms with Gasteiger partial charge in [-0.1, -0.05) is 25.7 Å². The Hall–Kier alpha value is -2.13. The maximum Gasteiger partial charge on any atom is 0.265 e. The summed E-state index contributed by atoms with van der Waals surface area (Å²) in [5.41, 5.74) is 0.336. The van der Waals surface area contributed by atoms with Gasteiger partial charge in [-0.15, -0.1) is 0 Å². The van der Waals surface area contributed by atoms with Crippen LogP contribution in [-0.4, -0.2) is 56.8 Å². The Balaban J connectivity index is 1.53. The minimum Gasteiger partial charge on any atom is -0.482 e. The van der Waals surface area contributed by atoms with Gasteiger partial charge in [0.1, 0.15) is 12.3 Å². The van der Waals surface area contributed by atoms with Gasteiger partial charge in [0.05, 0.1) is 10.6 Å². The number of carbonyl (C=O) groups excluding carboxylic acids is 2. The molecule has 1 aromatic rings. The molecule has 2 amide bonds. The van der Waals surface area contributed by atoms with E-state index in [1.807, 2.05) is 0 Å². The molecule has 9 heteroatoms. The number of hydrogen-bond donors (Lipinski definition) is 1. The molecule has 0 unspecified atom stereocenters. The highest BCUT2D eigenvalue weighted by atomic mass is 32.2. The standard InChI is InChI=1S/C21H29N3O5S/c25-20(22-16-7-3-1-2-4-8-16)14-24-18-13-17(9-10-19(18)29-15-21(24)26)30(27,28)23-11-5-6-12-23/h9-10,13,16H,1-8,11-12,14-15H2,(H,22,25). The van der Waals surface area contributed by atoms with E-state index in [1.54, 1.807) is 6.07 Å². The van der Waals surface area contributed by atoms with Crippen molar-refractivity contribution in [3.8, 4) is 5.75 Å². The Morgan fingerprint density at radius 1 is 1.07 bits per heavy atom. The Bertz CT molecular complexity index is 903. The van der Waals surface area contributed by atoms with E-state index in [2.05, 4.69) is 5.32 Å². The molecule has 0 aromatic heterocycles. The number of benzene rings is 1. The molecule has 1 aliphatic carbocycles. The lowest BCUT2D eigenvalue weighted by atomic mass is 10.1. The SMILES string of the molecule is O=C(CN1C(=O)COc2ccc(S(=O)(=O)N3CCCC3)cc21)NC1CCCCCC1. The molecule has 1 N–H and O–H groups in total. The van der Waals surface area contributed by atoms with Gasteiger partial charge in [0, 0.05) is 19.1 Å². The van der Waals surface area contributed by atoms with Crippen LogP contribution >= 0.6 is 0 Å². The fraction of sp³-hybridized carbons (Fsp3) is 0.619. The van der Waals surface area contributed by atoms with Crippen molar-refractivity contribution in [3.63, 3.8) is 0 Å². The average molecular weight is 436 g/mol. The third-order valence-corrected chi connectivity index (χ3v) is 7.99. The molecule has 2 heterocycles. The van der Waals surface area contributed by atoms with Crippen molar-refractivity contribution in [3.05, 3.63) is 18.2 Å². The summed E-state index contributed by atoms with van der Waals surface area (Å²) in [5.74, 6) is -0.164. The van der Waals surface area contributed by atoms with Crippen LogP contribution in [0.2, 0.25) is 0 Å². The Kier molecular flexibility index (Phi) is 6.29. The molecule has 2 fully saturated rings. The molecule has 30 heavy (non-hydrogen) atoms. The minimum absolute atomic E-state index is 0.121. The molecule has 1 aromatic carbocycles. The first kappa shape index (κ1) is 21.1. The van der Waals surface area contributed by atoms with Gasteiger partial charge in [-0.2, -0.15) is 4.31 Å². The molecule has 4 rings (SSSR count). The molecule has 8 nitrogen and oxygen atoms in total. The van der Waals surface area contributed by atoms with Crippen molar-refractivity contribution in [2.75, 3.05) is 31.1 Å². The van der Waals surface area contributed by atoms with Gasteiger partial charge in [0.2, 0.25) is 15.9 Å². The highest BCUT2D eigenvalue weighted by molar-refractivity contribution is 7.89. The molecule has 0 bridgehead atoms. The first-order chi connectivity index (χ1) is 14.4. The Labute approximate surface area is 177 Å². The second-order valence-corrected chi connectivity index (χ2v) is 10.2. The summed E-state index contributed by atoms with van der Waals surface area (Å²) in [5, 5.41) is 3.05. The van der Waals surface area contributed by atoms with Gasteiger partial charge in [0.15, 0.2) is 6.61 Å². The van der Waals surface area contributed by atoms with E-state index in [4.69, 9.17) is 4.74 Å². The molecule has 1 saturated carbocycles. The number of anilines is 1. The summed E-state index contributed by atoms with van der Waals surface area (Å²) < 4.78 is 32.8. The summed E-state index contributed by atoms with van der Waals surface area (Å²) in [6.07, 6.45) is 8.18. The molecule has 1 saturated heterocycles. The van der Waals surface area contributed by atoms with E-state index in [0.29, 0.717) is 24.5 Å². The predicted molar refractivity (Wildman–Crippen MR) is 112 cm³/mol. The highest BCUT2D eigenvalue weighted by Gasteiger charge is 2.32. The lowest BCUT2D eigenvalue weighted by Crippen LogP contribution is -2.47. The van der Waals surface area contributed by atoms with Crippen LogP contribution in [0.5, 0.6) is 5.75 Å². The second-order valence-electron chi connectivity index (χ2n) is 8.27. The summed E-state index contributed by atoms with van der Waals surface area (Å²) in [6.45, 7) is 0.700. The predicted octanol–water partition coefficient (Wildman–Crippen LogP) is 2.04. The van der Waals surface area contributed by atoms with Crippen molar-refractivity contribution < 1.29 is 22.7 Å². The summed E-state index contributed by atoms with van der Waals surface area (Å²) in [4.78, 5) is 26.6.